The van der Waals surface area contributed by atoms with Crippen molar-refractivity contribution in [3.8, 4) is 0 Å². The second kappa shape index (κ2) is 1.34. The van der Waals surface area contributed by atoms with Gasteiger partial charge in [0.2, 0.25) is 0 Å². The van der Waals surface area contributed by atoms with E-state index in [1.165, 1.54) is 0 Å². The van der Waals surface area contributed by atoms with E-state index in [0.29, 0.717) is 5.57 Å². The highest BCUT2D eigenvalue weighted by Gasteiger charge is 2.05. The van der Waals surface area contributed by atoms with E-state index in [1.807, 2.05) is 6.08 Å². The molecule has 0 N–H and O–H groups in total. The van der Waals surface area contributed by atoms with Gasteiger partial charge in [0.05, 0.1) is 0 Å². The third kappa shape index (κ3) is 0.610. The molecule has 0 bridgehead atoms. The lowest BCUT2D eigenvalue weighted by molar-refractivity contribution is -0.111. The van der Waals surface area contributed by atoms with Crippen molar-refractivity contribution in [1.82, 2.24) is 0 Å². The van der Waals surface area contributed by atoms with Crippen LogP contribution in [0.15, 0.2) is 24.3 Å². The molecule has 0 aromatic heterocycles. The van der Waals surface area contributed by atoms with Crippen LogP contribution in [0.25, 0.3) is 0 Å². The van der Waals surface area contributed by atoms with Crippen molar-refractivity contribution in [2.24, 2.45) is 0 Å². The van der Waals surface area contributed by atoms with Crippen LogP contribution in [0.2, 0.25) is 0 Å². The van der Waals surface area contributed by atoms with Crippen LogP contribution in [0, 0.1) is 0 Å². The summed E-state index contributed by atoms with van der Waals surface area (Å²) in [6.45, 7) is 3.52. The van der Waals surface area contributed by atoms with Crippen LogP contribution in [0.1, 0.15) is 6.42 Å². The van der Waals surface area contributed by atoms with Crippen LogP contribution in [-0.2, 0) is 4.79 Å². The van der Waals surface area contributed by atoms with Crippen molar-refractivity contribution in [3.63, 3.8) is 0 Å². The molecule has 1 rings (SSSR count). The molecule has 36 valence electrons. The number of rotatable bonds is 0. The van der Waals surface area contributed by atoms with E-state index in [-0.39, 0.29) is 5.78 Å². The number of ketones is 1. The maximum atomic E-state index is 10.4. The molecule has 1 nitrogen and oxygen atoms in total. The SMILES string of the molecule is C=C1CC=CC1=O. The summed E-state index contributed by atoms with van der Waals surface area (Å²) >= 11 is 0. The topological polar surface area (TPSA) is 17.1 Å². The first-order valence-corrected chi connectivity index (χ1v) is 2.19. The molecule has 0 heterocycles. The van der Waals surface area contributed by atoms with Gasteiger partial charge in [-0.3, -0.25) is 4.79 Å². The quantitative estimate of drug-likeness (QED) is 0.410. The molecule has 0 fully saturated rings. The zero-order valence-electron chi connectivity index (χ0n) is 3.98. The van der Waals surface area contributed by atoms with Crippen molar-refractivity contribution in [3.05, 3.63) is 24.3 Å². The largest absolute Gasteiger partial charge is 0.290 e. The van der Waals surface area contributed by atoms with Crippen molar-refractivity contribution < 1.29 is 4.79 Å². The molecule has 0 spiro atoms. The summed E-state index contributed by atoms with van der Waals surface area (Å²) in [5.74, 6) is 0.0833. The van der Waals surface area contributed by atoms with Crippen LogP contribution in [0.4, 0.5) is 0 Å². The standard InChI is InChI=1S/C6H6O/c1-5-3-2-4-6(5)7/h2,4H,1,3H2. The van der Waals surface area contributed by atoms with Gasteiger partial charge in [-0.05, 0) is 18.1 Å². The fourth-order valence-electron chi connectivity index (χ4n) is 0.527. The Bertz CT molecular complexity index is 142. The summed E-state index contributed by atoms with van der Waals surface area (Å²) in [6.07, 6.45) is 4.13. The lowest BCUT2D eigenvalue weighted by Gasteiger charge is -1.81. The minimum atomic E-state index is 0.0833. The van der Waals surface area contributed by atoms with Crippen LogP contribution < -0.4 is 0 Å². The Morgan fingerprint density at radius 2 is 2.43 bits per heavy atom. The number of allylic oxidation sites excluding steroid dienone is 3. The lowest BCUT2D eigenvalue weighted by atomic mass is 10.2. The van der Waals surface area contributed by atoms with Gasteiger partial charge in [0, 0.05) is 0 Å². The predicted molar refractivity (Wildman–Crippen MR) is 27.9 cm³/mol. The highest BCUT2D eigenvalue weighted by atomic mass is 16.1. The monoisotopic (exact) mass is 94.0 g/mol. The maximum absolute atomic E-state index is 10.4. The third-order valence-electron chi connectivity index (χ3n) is 0.982. The number of carbonyl (C=O) groups is 1. The highest BCUT2D eigenvalue weighted by Crippen LogP contribution is 2.08. The minimum Gasteiger partial charge on any atom is -0.290 e. The summed E-state index contributed by atoms with van der Waals surface area (Å²) in [5.41, 5.74) is 0.708. The lowest BCUT2D eigenvalue weighted by Crippen LogP contribution is -1.86. The molecule has 0 amide bonds. The summed E-state index contributed by atoms with van der Waals surface area (Å²) in [5, 5.41) is 0. The molecular formula is C6H6O. The van der Waals surface area contributed by atoms with E-state index in [1.54, 1.807) is 6.08 Å². The highest BCUT2D eigenvalue weighted by molar-refractivity contribution is 6.05. The number of hydrogen-bond acceptors (Lipinski definition) is 1. The molecule has 0 aromatic rings. The first kappa shape index (κ1) is 4.31. The van der Waals surface area contributed by atoms with E-state index in [2.05, 4.69) is 6.58 Å². The summed E-state index contributed by atoms with van der Waals surface area (Å²) in [4.78, 5) is 10.4. The van der Waals surface area contributed by atoms with E-state index in [0.717, 1.165) is 6.42 Å². The van der Waals surface area contributed by atoms with Gasteiger partial charge in [-0.25, -0.2) is 0 Å². The molecular weight excluding hydrogens is 88.1 g/mol. The molecule has 0 atom stereocenters. The Labute approximate surface area is 42.3 Å². The van der Waals surface area contributed by atoms with Gasteiger partial charge in [0.25, 0.3) is 0 Å². The molecule has 0 aromatic carbocycles. The van der Waals surface area contributed by atoms with Crippen molar-refractivity contribution in [1.29, 1.82) is 0 Å². The van der Waals surface area contributed by atoms with Gasteiger partial charge in [0.15, 0.2) is 5.78 Å². The molecule has 1 aliphatic rings. The maximum Gasteiger partial charge on any atom is 0.181 e. The Kier molecular flexibility index (Phi) is 0.823. The van der Waals surface area contributed by atoms with Crippen LogP contribution in [0.5, 0.6) is 0 Å². The molecule has 0 saturated carbocycles. The summed E-state index contributed by atoms with van der Waals surface area (Å²) in [6, 6.07) is 0. The molecule has 0 aliphatic heterocycles. The van der Waals surface area contributed by atoms with E-state index < -0.39 is 0 Å². The fourth-order valence-corrected chi connectivity index (χ4v) is 0.527. The zero-order valence-corrected chi connectivity index (χ0v) is 3.98. The van der Waals surface area contributed by atoms with Gasteiger partial charge >= 0.3 is 0 Å². The molecule has 7 heavy (non-hydrogen) atoms. The Hall–Kier alpha value is -0.850. The molecule has 0 radical (unpaired) electrons. The van der Waals surface area contributed by atoms with Gasteiger partial charge in [-0.15, -0.1) is 0 Å². The number of hydrogen-bond donors (Lipinski definition) is 0. The van der Waals surface area contributed by atoms with Gasteiger partial charge < -0.3 is 0 Å². The van der Waals surface area contributed by atoms with Crippen LogP contribution in [-0.4, -0.2) is 5.78 Å². The summed E-state index contributed by atoms with van der Waals surface area (Å²) in [7, 11) is 0. The van der Waals surface area contributed by atoms with Crippen molar-refractivity contribution in [2.75, 3.05) is 0 Å². The number of carbonyl (C=O) groups excluding carboxylic acids is 1. The van der Waals surface area contributed by atoms with Crippen molar-refractivity contribution in [2.45, 2.75) is 6.42 Å². The Morgan fingerprint density at radius 1 is 1.71 bits per heavy atom. The minimum absolute atomic E-state index is 0.0833. The first-order chi connectivity index (χ1) is 3.30. The van der Waals surface area contributed by atoms with Crippen molar-refractivity contribution >= 4 is 5.78 Å². The second-order valence-electron chi connectivity index (χ2n) is 1.57. The van der Waals surface area contributed by atoms with E-state index >= 15 is 0 Å². The van der Waals surface area contributed by atoms with E-state index in [4.69, 9.17) is 0 Å². The van der Waals surface area contributed by atoms with E-state index in [9.17, 15) is 4.79 Å². The normalized spacial score (nSPS) is 18.9. The molecule has 0 saturated heterocycles. The van der Waals surface area contributed by atoms with Crippen LogP contribution in [0.3, 0.4) is 0 Å². The molecule has 1 aliphatic carbocycles. The Balaban J connectivity index is 2.81. The second-order valence-corrected chi connectivity index (χ2v) is 1.57. The zero-order chi connectivity index (χ0) is 5.28. The predicted octanol–water partition coefficient (Wildman–Crippen LogP) is 1.07. The Morgan fingerprint density at radius 3 is 2.57 bits per heavy atom. The molecule has 1 heteroatoms. The fraction of sp³-hybridized carbons (Fsp3) is 0.167. The summed E-state index contributed by atoms with van der Waals surface area (Å²) < 4.78 is 0. The molecule has 0 unspecified atom stereocenters. The third-order valence-corrected chi connectivity index (χ3v) is 0.982. The van der Waals surface area contributed by atoms with Gasteiger partial charge in [-0.2, -0.15) is 0 Å². The first-order valence-electron chi connectivity index (χ1n) is 2.19. The van der Waals surface area contributed by atoms with Crippen LogP contribution >= 0.6 is 0 Å². The van der Waals surface area contributed by atoms with Gasteiger partial charge in [-0.1, -0.05) is 12.7 Å². The van der Waals surface area contributed by atoms with Gasteiger partial charge in [0.1, 0.15) is 0 Å². The average molecular weight is 94.1 g/mol. The smallest absolute Gasteiger partial charge is 0.181 e. The average Bonchev–Trinajstić information content (AvgIpc) is 1.91.